The van der Waals surface area contributed by atoms with Crippen molar-refractivity contribution in [1.82, 2.24) is 5.27 Å². The van der Waals surface area contributed by atoms with Crippen molar-refractivity contribution in [2.45, 2.75) is 37.8 Å². The number of hydrogen-bond acceptors (Lipinski definition) is 5. The predicted octanol–water partition coefficient (Wildman–Crippen LogP) is 1.71. The molecule has 8 heteroatoms. The van der Waals surface area contributed by atoms with Gasteiger partial charge in [-0.1, -0.05) is 24.4 Å². The highest BCUT2D eigenvalue weighted by Gasteiger charge is 2.27. The number of aliphatic hydroxyl groups excluding tert-OH is 1. The van der Waals surface area contributed by atoms with E-state index in [0.29, 0.717) is 10.6 Å². The second kappa shape index (κ2) is 6.97. The van der Waals surface area contributed by atoms with Crippen LogP contribution in [0, 0.1) is 0 Å². The van der Waals surface area contributed by atoms with E-state index in [1.165, 1.54) is 11.0 Å². The van der Waals surface area contributed by atoms with Crippen LogP contribution < -0.4 is 15.5 Å². The number of halogens is 1. The summed E-state index contributed by atoms with van der Waals surface area (Å²) in [7, 11) is 0. The Labute approximate surface area is 138 Å². The molecule has 1 aromatic carbocycles. The van der Waals surface area contributed by atoms with Crippen molar-refractivity contribution in [1.29, 1.82) is 0 Å². The minimum absolute atomic E-state index is 0.0707. The van der Waals surface area contributed by atoms with E-state index >= 15 is 0 Å². The van der Waals surface area contributed by atoms with E-state index in [1.54, 1.807) is 24.3 Å². The number of rotatable bonds is 4. The third-order valence-corrected chi connectivity index (χ3v) is 4.09. The molecule has 122 valence electrons. The van der Waals surface area contributed by atoms with Crippen LogP contribution in [-0.2, 0) is 0 Å². The summed E-state index contributed by atoms with van der Waals surface area (Å²) in [6.07, 6.45) is 4.86. The predicted molar refractivity (Wildman–Crippen MR) is 83.7 cm³/mol. The molecule has 2 unspecified atom stereocenters. The molecule has 1 aliphatic carbocycles. The van der Waals surface area contributed by atoms with Crippen molar-refractivity contribution >= 4 is 23.4 Å². The average Bonchev–Trinajstić information content (AvgIpc) is 2.97. The Hall–Kier alpha value is -2.12. The summed E-state index contributed by atoms with van der Waals surface area (Å²) in [6.45, 7) is 0. The number of anilines is 1. The van der Waals surface area contributed by atoms with E-state index in [9.17, 15) is 9.90 Å². The molecular weight excluding hydrogens is 320 g/mol. The molecule has 3 rings (SSSR count). The van der Waals surface area contributed by atoms with Crippen molar-refractivity contribution in [3.63, 3.8) is 0 Å². The standard InChI is InChI=1S/C15H17ClN4O3/c16-11-7-5-10(6-8-11)15(22)17-14-9-20(19-23-14)18-12-3-1-2-4-13(12)21/h5-9,12-13,21H,1-4H2,(H-,17,18,19,22)/p+1. The molecule has 0 bridgehead atoms. The van der Waals surface area contributed by atoms with Gasteiger partial charge in [-0.15, -0.1) is 0 Å². The zero-order valence-corrected chi connectivity index (χ0v) is 13.2. The minimum Gasteiger partial charge on any atom is -0.391 e. The Morgan fingerprint density at radius 2 is 2.04 bits per heavy atom. The van der Waals surface area contributed by atoms with E-state index in [1.807, 2.05) is 0 Å². The van der Waals surface area contributed by atoms with Gasteiger partial charge in [-0.25, -0.2) is 0 Å². The third-order valence-electron chi connectivity index (χ3n) is 3.84. The summed E-state index contributed by atoms with van der Waals surface area (Å²) in [5, 5.41) is 16.9. The van der Waals surface area contributed by atoms with E-state index in [-0.39, 0.29) is 17.8 Å². The normalized spacial score (nSPS) is 21.0. The Kier molecular flexibility index (Phi) is 4.78. The number of aromatic nitrogens is 2. The average molecular weight is 338 g/mol. The van der Waals surface area contributed by atoms with E-state index < -0.39 is 6.10 Å². The second-order valence-corrected chi connectivity index (χ2v) is 6.00. The van der Waals surface area contributed by atoms with Gasteiger partial charge in [0, 0.05) is 10.6 Å². The lowest BCUT2D eigenvalue weighted by Gasteiger charge is -2.24. The molecule has 7 nitrogen and oxygen atoms in total. The van der Waals surface area contributed by atoms with Crippen LogP contribution >= 0.6 is 11.6 Å². The summed E-state index contributed by atoms with van der Waals surface area (Å²) in [6, 6.07) is 6.46. The van der Waals surface area contributed by atoms with Gasteiger partial charge < -0.3 is 5.11 Å². The lowest BCUT2D eigenvalue weighted by molar-refractivity contribution is -0.723. The van der Waals surface area contributed by atoms with Crippen LogP contribution in [0.15, 0.2) is 35.0 Å². The number of benzene rings is 1. The molecule has 0 aliphatic heterocycles. The minimum atomic E-state index is -0.403. The van der Waals surface area contributed by atoms with Crippen LogP contribution in [0.3, 0.4) is 0 Å². The monoisotopic (exact) mass is 337 g/mol. The highest BCUT2D eigenvalue weighted by atomic mass is 35.5. The lowest BCUT2D eigenvalue weighted by atomic mass is 9.93. The Balaban J connectivity index is 1.60. The van der Waals surface area contributed by atoms with Gasteiger partial charge in [0.2, 0.25) is 5.27 Å². The van der Waals surface area contributed by atoms with E-state index in [2.05, 4.69) is 16.0 Å². The van der Waals surface area contributed by atoms with Gasteiger partial charge in [-0.05, 0) is 37.1 Å². The maximum absolute atomic E-state index is 12.1. The van der Waals surface area contributed by atoms with Crippen molar-refractivity contribution in [3.8, 4) is 0 Å². The van der Waals surface area contributed by atoms with Gasteiger partial charge in [0.1, 0.15) is 6.04 Å². The molecule has 0 saturated heterocycles. The molecule has 0 radical (unpaired) electrons. The third kappa shape index (κ3) is 4.00. The number of nitrogens with zero attached hydrogens (tertiary/aromatic N) is 2. The van der Waals surface area contributed by atoms with E-state index in [0.717, 1.165) is 25.7 Å². The van der Waals surface area contributed by atoms with Crippen LogP contribution in [0.4, 0.5) is 5.88 Å². The molecule has 1 aliphatic rings. The van der Waals surface area contributed by atoms with Crippen LogP contribution in [0.5, 0.6) is 0 Å². The molecular formula is C15H18ClN4O3+. The van der Waals surface area contributed by atoms with Crippen LogP contribution in [-0.4, -0.2) is 28.4 Å². The summed E-state index contributed by atoms with van der Waals surface area (Å²) in [5.74, 6) is -0.106. The molecule has 3 N–H and O–H groups in total. The molecule has 1 fully saturated rings. The van der Waals surface area contributed by atoms with Crippen LogP contribution in [0.2, 0.25) is 5.02 Å². The summed E-state index contributed by atoms with van der Waals surface area (Å²) < 4.78 is 5.07. The summed E-state index contributed by atoms with van der Waals surface area (Å²) >= 11 is 5.79. The smallest absolute Gasteiger partial charge is 0.306 e. The topological polar surface area (TPSA) is 91.3 Å². The molecule has 0 spiro atoms. The Morgan fingerprint density at radius 1 is 1.30 bits per heavy atom. The second-order valence-electron chi connectivity index (χ2n) is 5.56. The number of aliphatic hydroxyl groups is 1. The first-order valence-corrected chi connectivity index (χ1v) is 7.90. The Bertz CT molecular complexity index is 674. The van der Waals surface area contributed by atoms with Crippen LogP contribution in [0.1, 0.15) is 36.0 Å². The van der Waals surface area contributed by atoms with Gasteiger partial charge in [0.15, 0.2) is 0 Å². The zero-order valence-electron chi connectivity index (χ0n) is 12.4. The fraction of sp³-hybridized carbons (Fsp3) is 0.400. The van der Waals surface area contributed by atoms with Crippen molar-refractivity contribution in [3.05, 3.63) is 41.0 Å². The van der Waals surface area contributed by atoms with Crippen molar-refractivity contribution in [2.75, 3.05) is 10.7 Å². The largest absolute Gasteiger partial charge is 0.391 e. The van der Waals surface area contributed by atoms with Crippen molar-refractivity contribution < 1.29 is 19.2 Å². The first kappa shape index (κ1) is 15.8. The maximum Gasteiger partial charge on any atom is 0.306 e. The first-order valence-electron chi connectivity index (χ1n) is 7.52. The van der Waals surface area contributed by atoms with Crippen LogP contribution in [0.25, 0.3) is 0 Å². The molecule has 1 heterocycles. The summed E-state index contributed by atoms with van der Waals surface area (Å²) in [5.41, 5.74) is 3.53. The molecule has 2 atom stereocenters. The Morgan fingerprint density at radius 3 is 2.78 bits per heavy atom. The SMILES string of the molecule is O=C(Nc1c[n+](NC2CCCCC2O)no1)c1ccc(Cl)cc1. The first-order chi connectivity index (χ1) is 11.1. The highest BCUT2D eigenvalue weighted by molar-refractivity contribution is 6.30. The zero-order chi connectivity index (χ0) is 16.2. The van der Waals surface area contributed by atoms with Gasteiger partial charge in [-0.3, -0.25) is 14.6 Å². The fourth-order valence-electron chi connectivity index (χ4n) is 2.58. The van der Waals surface area contributed by atoms with Crippen molar-refractivity contribution in [2.24, 2.45) is 0 Å². The van der Waals surface area contributed by atoms with E-state index in [4.69, 9.17) is 16.1 Å². The molecule has 1 saturated carbocycles. The number of carbonyl (C=O) groups excluding carboxylic acids is 1. The fourth-order valence-corrected chi connectivity index (χ4v) is 2.71. The lowest BCUT2D eigenvalue weighted by Crippen LogP contribution is -2.55. The molecule has 2 aromatic rings. The van der Waals surface area contributed by atoms with Gasteiger partial charge in [0.05, 0.1) is 10.9 Å². The quantitative estimate of drug-likeness (QED) is 0.739. The molecule has 1 amide bonds. The molecule has 1 aromatic heterocycles. The van der Waals surface area contributed by atoms with Gasteiger partial charge >= 0.3 is 5.88 Å². The van der Waals surface area contributed by atoms with Gasteiger partial charge in [0.25, 0.3) is 12.1 Å². The number of amides is 1. The number of hydrogen-bond donors (Lipinski definition) is 3. The number of nitrogens with one attached hydrogen (secondary N) is 2. The number of carbonyl (C=O) groups is 1. The summed E-state index contributed by atoms with van der Waals surface area (Å²) in [4.78, 5) is 13.4. The van der Waals surface area contributed by atoms with Gasteiger partial charge in [-0.2, -0.15) is 5.43 Å². The highest BCUT2D eigenvalue weighted by Crippen LogP contribution is 2.18. The maximum atomic E-state index is 12.1. The molecule has 23 heavy (non-hydrogen) atoms.